The molecule has 0 unspecified atom stereocenters. The maximum absolute atomic E-state index is 6.73. The Bertz CT molecular complexity index is 3510. The van der Waals surface area contributed by atoms with Crippen LogP contribution in [0.15, 0.2) is 185 Å². The smallest absolute Gasteiger partial charge is 0.229 e. The molecule has 2 aliphatic carbocycles. The molecule has 0 N–H and O–H groups in total. The van der Waals surface area contributed by atoms with Crippen LogP contribution < -0.4 is 9.80 Å². The van der Waals surface area contributed by atoms with E-state index in [2.05, 4.69) is 208 Å². The third-order valence-corrected chi connectivity index (χ3v) is 14.3. The van der Waals surface area contributed by atoms with Crippen LogP contribution in [0.1, 0.15) is 55.5 Å². The average Bonchev–Trinajstić information content (AvgIpc) is 4.03. The predicted molar refractivity (Wildman–Crippen MR) is 266 cm³/mol. The van der Waals surface area contributed by atoms with Gasteiger partial charge in [0, 0.05) is 60.7 Å². The van der Waals surface area contributed by atoms with Gasteiger partial charge in [-0.15, -0.1) is 0 Å². The molecule has 7 aromatic carbocycles. The van der Waals surface area contributed by atoms with Gasteiger partial charge in [0.2, 0.25) is 11.4 Å². The maximum Gasteiger partial charge on any atom is 0.229 e. The summed E-state index contributed by atoms with van der Waals surface area (Å²) in [6.07, 6.45) is 0. The molecule has 13 rings (SSSR count). The fourth-order valence-electron chi connectivity index (χ4n) is 11.0. The molecular formula is C59H44N4O2. The highest BCUT2D eigenvalue weighted by atomic mass is 16.4. The number of pyridine rings is 2. The topological polar surface area (TPSA) is 58.5 Å². The predicted octanol–water partition coefficient (Wildman–Crippen LogP) is 16.1. The molecule has 0 aliphatic heterocycles. The first-order valence-electron chi connectivity index (χ1n) is 22.4. The molecule has 11 aromatic rings. The summed E-state index contributed by atoms with van der Waals surface area (Å²) >= 11 is 0. The van der Waals surface area contributed by atoms with Crippen LogP contribution in [0, 0.1) is 6.92 Å². The molecule has 4 heterocycles. The van der Waals surface area contributed by atoms with Crippen LogP contribution in [0.4, 0.5) is 34.4 Å². The average molecular weight is 841 g/mol. The van der Waals surface area contributed by atoms with Crippen LogP contribution in [0.2, 0.25) is 0 Å². The summed E-state index contributed by atoms with van der Waals surface area (Å²) in [5.74, 6) is 1.55. The number of para-hydroxylation sites is 2. The summed E-state index contributed by atoms with van der Waals surface area (Å²) in [7, 11) is 0. The Morgan fingerprint density at radius 2 is 0.769 bits per heavy atom. The molecular weight excluding hydrogens is 797 g/mol. The normalized spacial score (nSPS) is 14.2. The summed E-state index contributed by atoms with van der Waals surface area (Å²) in [5.41, 5.74) is 17.9. The monoisotopic (exact) mass is 840 g/mol. The first kappa shape index (κ1) is 37.6. The van der Waals surface area contributed by atoms with E-state index in [1.165, 1.54) is 44.5 Å². The lowest BCUT2D eigenvalue weighted by Crippen LogP contribution is -2.17. The van der Waals surface area contributed by atoms with Gasteiger partial charge in [-0.05, 0) is 130 Å². The zero-order chi connectivity index (χ0) is 43.8. The van der Waals surface area contributed by atoms with Gasteiger partial charge in [0.05, 0.1) is 0 Å². The van der Waals surface area contributed by atoms with Gasteiger partial charge >= 0.3 is 0 Å². The molecule has 0 amide bonds. The van der Waals surface area contributed by atoms with E-state index in [1.807, 2.05) is 12.1 Å². The van der Waals surface area contributed by atoms with E-state index in [9.17, 15) is 0 Å². The number of aryl methyl sites for hydroxylation is 1. The minimum absolute atomic E-state index is 0.134. The van der Waals surface area contributed by atoms with E-state index in [1.54, 1.807) is 0 Å². The van der Waals surface area contributed by atoms with Crippen LogP contribution in [-0.4, -0.2) is 9.97 Å². The number of nitrogens with zero attached hydrogens (tertiary/aromatic N) is 4. The third-order valence-electron chi connectivity index (χ3n) is 14.3. The van der Waals surface area contributed by atoms with E-state index in [-0.39, 0.29) is 10.8 Å². The molecule has 6 nitrogen and oxygen atoms in total. The maximum atomic E-state index is 6.73. The summed E-state index contributed by atoms with van der Waals surface area (Å²) < 4.78 is 13.5. The zero-order valence-corrected chi connectivity index (χ0v) is 36.8. The van der Waals surface area contributed by atoms with Crippen LogP contribution in [0.25, 0.3) is 66.4 Å². The highest BCUT2D eigenvalue weighted by molar-refractivity contribution is 6.16. The first-order chi connectivity index (χ1) is 31.6. The lowest BCUT2D eigenvalue weighted by molar-refractivity contribution is 0.637. The number of benzene rings is 7. The van der Waals surface area contributed by atoms with Crippen LogP contribution in [-0.2, 0) is 10.8 Å². The quantitative estimate of drug-likeness (QED) is 0.166. The molecule has 65 heavy (non-hydrogen) atoms. The van der Waals surface area contributed by atoms with Crippen molar-refractivity contribution in [3.05, 3.63) is 204 Å². The lowest BCUT2D eigenvalue weighted by atomic mass is 9.82. The van der Waals surface area contributed by atoms with Gasteiger partial charge in [-0.1, -0.05) is 125 Å². The summed E-state index contributed by atoms with van der Waals surface area (Å²) in [6, 6.07) is 62.7. The molecule has 0 saturated carbocycles. The highest BCUT2D eigenvalue weighted by Crippen LogP contribution is 2.52. The van der Waals surface area contributed by atoms with E-state index in [4.69, 9.17) is 18.8 Å². The van der Waals surface area contributed by atoms with Crippen molar-refractivity contribution < 1.29 is 8.83 Å². The van der Waals surface area contributed by atoms with Gasteiger partial charge < -0.3 is 8.83 Å². The van der Waals surface area contributed by atoms with Crippen molar-refractivity contribution in [2.24, 2.45) is 0 Å². The minimum Gasteiger partial charge on any atom is -0.437 e. The van der Waals surface area contributed by atoms with Gasteiger partial charge in [0.15, 0.2) is 0 Å². The number of anilines is 6. The Kier molecular flexibility index (Phi) is 7.82. The Balaban J connectivity index is 0.910. The number of hydrogen-bond donors (Lipinski definition) is 0. The second-order valence-electron chi connectivity index (χ2n) is 18.6. The summed E-state index contributed by atoms with van der Waals surface area (Å²) in [4.78, 5) is 15.0. The molecule has 312 valence electrons. The van der Waals surface area contributed by atoms with Crippen LogP contribution in [0.3, 0.4) is 0 Å². The Morgan fingerprint density at radius 3 is 1.22 bits per heavy atom. The largest absolute Gasteiger partial charge is 0.437 e. The Labute approximate surface area is 377 Å². The van der Waals surface area contributed by atoms with Crippen molar-refractivity contribution in [2.45, 2.75) is 45.4 Å². The van der Waals surface area contributed by atoms with Gasteiger partial charge in [-0.3, -0.25) is 9.80 Å². The molecule has 2 aliphatic rings. The van der Waals surface area contributed by atoms with Crippen molar-refractivity contribution >= 4 is 78.5 Å². The lowest BCUT2D eigenvalue weighted by Gasteiger charge is -2.27. The van der Waals surface area contributed by atoms with E-state index >= 15 is 0 Å². The second-order valence-corrected chi connectivity index (χ2v) is 18.6. The number of fused-ring (bicyclic) bond motifs is 12. The highest BCUT2D eigenvalue weighted by Gasteiger charge is 2.37. The van der Waals surface area contributed by atoms with Gasteiger partial charge in [-0.25, -0.2) is 0 Å². The summed E-state index contributed by atoms with van der Waals surface area (Å²) in [5, 5.41) is 3.88. The Hall–Kier alpha value is -7.96. The van der Waals surface area contributed by atoms with E-state index in [0.29, 0.717) is 11.4 Å². The fraction of sp³-hybridized carbons (Fsp3) is 0.119. The molecule has 0 saturated heterocycles. The molecule has 0 bridgehead atoms. The van der Waals surface area contributed by atoms with Crippen molar-refractivity contribution in [3.63, 3.8) is 0 Å². The standard InChI is InChI=1S/C59H44N4O2/c1-35-54-46(44-28-30-52(60-56(44)64-54)62(36-16-8-6-9-17-36)38-24-26-42-40-20-12-14-22-48(40)58(2,3)50(42)32-38)34-47-45-29-31-53(61-57(45)65-55(35)47)63(37-18-10-7-11-19-37)39-25-27-43-41-21-13-15-23-49(41)59(4,5)51(43)33-39/h6-34H,1-5H3. The van der Waals surface area contributed by atoms with Crippen molar-refractivity contribution in [1.29, 1.82) is 0 Å². The molecule has 6 heteroatoms. The molecule has 0 spiro atoms. The number of rotatable bonds is 6. The summed E-state index contributed by atoms with van der Waals surface area (Å²) in [6.45, 7) is 11.3. The number of hydrogen-bond acceptors (Lipinski definition) is 6. The van der Waals surface area contributed by atoms with Crippen LogP contribution in [0.5, 0.6) is 0 Å². The first-order valence-corrected chi connectivity index (χ1v) is 22.4. The molecule has 0 atom stereocenters. The van der Waals surface area contributed by atoms with Crippen molar-refractivity contribution in [3.8, 4) is 22.3 Å². The third kappa shape index (κ3) is 5.40. The van der Waals surface area contributed by atoms with Gasteiger partial charge in [0.1, 0.15) is 22.8 Å². The zero-order valence-electron chi connectivity index (χ0n) is 36.8. The fourth-order valence-corrected chi connectivity index (χ4v) is 11.0. The number of furan rings is 2. The minimum atomic E-state index is -0.134. The Morgan fingerprint density at radius 1 is 0.369 bits per heavy atom. The van der Waals surface area contributed by atoms with Crippen LogP contribution >= 0.6 is 0 Å². The van der Waals surface area contributed by atoms with Gasteiger partial charge in [0.25, 0.3) is 0 Å². The van der Waals surface area contributed by atoms with Gasteiger partial charge in [-0.2, -0.15) is 9.97 Å². The van der Waals surface area contributed by atoms with E-state index < -0.39 is 0 Å². The van der Waals surface area contributed by atoms with E-state index in [0.717, 1.165) is 72.7 Å². The van der Waals surface area contributed by atoms with Crippen molar-refractivity contribution in [2.75, 3.05) is 9.80 Å². The molecule has 0 fully saturated rings. The second kappa shape index (κ2) is 13.5. The molecule has 0 radical (unpaired) electrons. The van der Waals surface area contributed by atoms with Crippen molar-refractivity contribution in [1.82, 2.24) is 9.97 Å². The number of aromatic nitrogens is 2. The molecule has 4 aromatic heterocycles. The SMILES string of the molecule is Cc1c2oc3nc(N(c4ccccc4)c4ccc5c(c4)C(C)(C)c4ccccc4-5)ccc3c2cc2c1oc1nc(N(c3ccccc3)c3ccc4c(c3)C(C)(C)c3ccccc3-4)ccc12.